The summed E-state index contributed by atoms with van der Waals surface area (Å²) in [5.41, 5.74) is 1.69. The molecule has 0 radical (unpaired) electrons. The largest absolute Gasteiger partial charge is 0.490 e. The van der Waals surface area contributed by atoms with Crippen molar-refractivity contribution in [3.05, 3.63) is 91.3 Å². The van der Waals surface area contributed by atoms with Gasteiger partial charge in [0.05, 0.1) is 4.90 Å². The molecular formula is C26H25N3O3S. The van der Waals surface area contributed by atoms with Gasteiger partial charge >= 0.3 is 0 Å². The van der Waals surface area contributed by atoms with E-state index in [1.165, 1.54) is 5.69 Å². The lowest BCUT2D eigenvalue weighted by Gasteiger charge is -2.33. The summed E-state index contributed by atoms with van der Waals surface area (Å²) in [7, 11) is -3.68. The Morgan fingerprint density at radius 1 is 0.848 bits per heavy atom. The number of rotatable bonds is 6. The van der Waals surface area contributed by atoms with Crippen LogP contribution in [0.15, 0.2) is 96.2 Å². The number of pyridine rings is 1. The predicted octanol–water partition coefficient (Wildman–Crippen LogP) is 5.08. The van der Waals surface area contributed by atoms with Crippen molar-refractivity contribution in [2.75, 3.05) is 22.7 Å². The van der Waals surface area contributed by atoms with E-state index in [9.17, 15) is 8.42 Å². The first-order valence-corrected chi connectivity index (χ1v) is 12.5. The smallest absolute Gasteiger partial charge is 0.261 e. The highest BCUT2D eigenvalue weighted by Gasteiger charge is 2.21. The summed E-state index contributed by atoms with van der Waals surface area (Å²) in [6, 6.07) is 24.0. The number of ether oxygens (including phenoxy) is 1. The normalized spacial score (nSPS) is 14.8. The second-order valence-corrected chi connectivity index (χ2v) is 9.83. The van der Waals surface area contributed by atoms with E-state index in [0.29, 0.717) is 5.69 Å². The number of fused-ring (bicyclic) bond motifs is 1. The SMILES string of the molecule is O=S(=O)(Nc1ccc(OC2CCN(c3ccncc3)CC2)cc1)c1ccc2ccccc2c1. The number of hydrogen-bond donors (Lipinski definition) is 1. The topological polar surface area (TPSA) is 71.5 Å². The fourth-order valence-electron chi connectivity index (χ4n) is 4.13. The molecule has 5 rings (SSSR count). The molecule has 0 saturated carbocycles. The number of anilines is 2. The molecule has 33 heavy (non-hydrogen) atoms. The molecule has 0 aliphatic carbocycles. The zero-order valence-corrected chi connectivity index (χ0v) is 18.9. The third-order valence-electron chi connectivity index (χ3n) is 5.91. The van der Waals surface area contributed by atoms with Crippen molar-refractivity contribution in [2.45, 2.75) is 23.8 Å². The Bertz CT molecular complexity index is 1330. The number of piperidine rings is 1. The minimum Gasteiger partial charge on any atom is -0.490 e. The predicted molar refractivity (Wildman–Crippen MR) is 131 cm³/mol. The van der Waals surface area contributed by atoms with Crippen LogP contribution in [-0.4, -0.2) is 32.6 Å². The van der Waals surface area contributed by atoms with Crippen molar-refractivity contribution in [1.29, 1.82) is 0 Å². The van der Waals surface area contributed by atoms with E-state index >= 15 is 0 Å². The standard InChI is InChI=1S/C26H25N3O3S/c30-33(31,26-10-5-20-3-1-2-4-21(20)19-26)28-22-6-8-24(9-7-22)32-25-13-17-29(18-14-25)23-11-15-27-16-12-23/h1-12,15-16,19,25,28H,13-14,17-18H2. The van der Waals surface area contributed by atoms with Gasteiger partial charge in [-0.3, -0.25) is 9.71 Å². The van der Waals surface area contributed by atoms with Gasteiger partial charge in [0.25, 0.3) is 10.0 Å². The van der Waals surface area contributed by atoms with Crippen molar-refractivity contribution in [1.82, 2.24) is 4.98 Å². The average molecular weight is 460 g/mol. The van der Waals surface area contributed by atoms with E-state index in [1.807, 2.05) is 67.0 Å². The Hall–Kier alpha value is -3.58. The molecule has 1 N–H and O–H groups in total. The summed E-state index contributed by atoms with van der Waals surface area (Å²) in [5.74, 6) is 0.742. The van der Waals surface area contributed by atoms with E-state index in [4.69, 9.17) is 4.74 Å². The average Bonchev–Trinajstić information content (AvgIpc) is 2.86. The summed E-state index contributed by atoms with van der Waals surface area (Å²) in [6.45, 7) is 1.86. The van der Waals surface area contributed by atoms with Gasteiger partial charge < -0.3 is 9.64 Å². The molecule has 0 bridgehead atoms. The molecule has 0 unspecified atom stereocenters. The Balaban J connectivity index is 1.20. The molecule has 1 fully saturated rings. The first-order valence-electron chi connectivity index (χ1n) is 11.0. The Labute approximate surface area is 193 Å². The fraction of sp³-hybridized carbons (Fsp3) is 0.192. The van der Waals surface area contributed by atoms with Gasteiger partial charge in [-0.05, 0) is 59.3 Å². The van der Waals surface area contributed by atoms with Crippen LogP contribution in [0.1, 0.15) is 12.8 Å². The third kappa shape index (κ3) is 4.93. The van der Waals surface area contributed by atoms with Crippen LogP contribution >= 0.6 is 0 Å². The molecule has 1 saturated heterocycles. The lowest BCUT2D eigenvalue weighted by Crippen LogP contribution is -2.38. The monoisotopic (exact) mass is 459 g/mol. The summed E-state index contributed by atoms with van der Waals surface area (Å²) in [4.78, 5) is 6.65. The maximum Gasteiger partial charge on any atom is 0.261 e. The van der Waals surface area contributed by atoms with Gasteiger partial charge in [0.2, 0.25) is 0 Å². The number of hydrogen-bond acceptors (Lipinski definition) is 5. The Morgan fingerprint density at radius 3 is 2.27 bits per heavy atom. The number of nitrogens with zero attached hydrogens (tertiary/aromatic N) is 2. The summed E-state index contributed by atoms with van der Waals surface area (Å²) in [5, 5.41) is 1.89. The van der Waals surface area contributed by atoms with Crippen LogP contribution in [0.3, 0.4) is 0 Å². The molecule has 1 aliphatic heterocycles. The molecule has 7 heteroatoms. The van der Waals surface area contributed by atoms with E-state index in [2.05, 4.69) is 14.6 Å². The first kappa shape index (κ1) is 21.3. The van der Waals surface area contributed by atoms with Crippen LogP contribution in [0.4, 0.5) is 11.4 Å². The lowest BCUT2D eigenvalue weighted by atomic mass is 10.1. The van der Waals surface area contributed by atoms with Crippen molar-refractivity contribution >= 4 is 32.2 Å². The van der Waals surface area contributed by atoms with Gasteiger partial charge in [0.15, 0.2) is 0 Å². The molecule has 168 valence electrons. The molecule has 6 nitrogen and oxygen atoms in total. The molecular weight excluding hydrogens is 434 g/mol. The Kier molecular flexibility index (Phi) is 5.88. The summed E-state index contributed by atoms with van der Waals surface area (Å²) < 4.78 is 34.5. The van der Waals surface area contributed by atoms with Crippen LogP contribution in [0.25, 0.3) is 10.8 Å². The van der Waals surface area contributed by atoms with Crippen LogP contribution < -0.4 is 14.4 Å². The van der Waals surface area contributed by atoms with Crippen LogP contribution in [-0.2, 0) is 10.0 Å². The maximum absolute atomic E-state index is 12.8. The molecule has 2 heterocycles. The van der Waals surface area contributed by atoms with Gasteiger partial charge in [-0.15, -0.1) is 0 Å². The number of aromatic nitrogens is 1. The van der Waals surface area contributed by atoms with Gasteiger partial charge in [0.1, 0.15) is 11.9 Å². The summed E-state index contributed by atoms with van der Waals surface area (Å²) in [6.07, 6.45) is 5.63. The van der Waals surface area contributed by atoms with Gasteiger partial charge in [-0.2, -0.15) is 0 Å². The molecule has 0 spiro atoms. The van der Waals surface area contributed by atoms with Gasteiger partial charge in [-0.1, -0.05) is 30.3 Å². The maximum atomic E-state index is 12.8. The number of sulfonamides is 1. The second kappa shape index (κ2) is 9.11. The highest BCUT2D eigenvalue weighted by molar-refractivity contribution is 7.92. The van der Waals surface area contributed by atoms with Crippen molar-refractivity contribution < 1.29 is 13.2 Å². The third-order valence-corrected chi connectivity index (χ3v) is 7.29. The van der Waals surface area contributed by atoms with Gasteiger partial charge in [0, 0.05) is 49.7 Å². The van der Waals surface area contributed by atoms with Crippen LogP contribution in [0, 0.1) is 0 Å². The van der Waals surface area contributed by atoms with Crippen molar-refractivity contribution in [3.63, 3.8) is 0 Å². The zero-order chi connectivity index (χ0) is 22.7. The van der Waals surface area contributed by atoms with Crippen LogP contribution in [0.2, 0.25) is 0 Å². The van der Waals surface area contributed by atoms with E-state index in [-0.39, 0.29) is 11.0 Å². The van der Waals surface area contributed by atoms with Gasteiger partial charge in [-0.25, -0.2) is 8.42 Å². The fourth-order valence-corrected chi connectivity index (χ4v) is 5.22. The molecule has 3 aromatic carbocycles. The molecule has 4 aromatic rings. The molecule has 0 atom stereocenters. The quantitative estimate of drug-likeness (QED) is 0.435. The second-order valence-electron chi connectivity index (χ2n) is 8.15. The van der Waals surface area contributed by atoms with Crippen LogP contribution in [0.5, 0.6) is 5.75 Å². The van der Waals surface area contributed by atoms with Crippen molar-refractivity contribution in [3.8, 4) is 5.75 Å². The summed E-state index contributed by atoms with van der Waals surface area (Å²) >= 11 is 0. The zero-order valence-electron chi connectivity index (χ0n) is 18.1. The molecule has 0 amide bonds. The Morgan fingerprint density at radius 2 is 1.55 bits per heavy atom. The molecule has 1 aliphatic rings. The highest BCUT2D eigenvalue weighted by Crippen LogP contribution is 2.25. The highest BCUT2D eigenvalue weighted by atomic mass is 32.2. The minimum absolute atomic E-state index is 0.142. The first-order chi connectivity index (χ1) is 16.1. The number of nitrogens with one attached hydrogen (secondary N) is 1. The molecule has 1 aromatic heterocycles. The van der Waals surface area contributed by atoms with E-state index < -0.39 is 10.0 Å². The number of benzene rings is 3. The van der Waals surface area contributed by atoms with Crippen molar-refractivity contribution in [2.24, 2.45) is 0 Å². The lowest BCUT2D eigenvalue weighted by molar-refractivity contribution is 0.171. The minimum atomic E-state index is -3.68. The van der Waals surface area contributed by atoms with E-state index in [0.717, 1.165) is 42.5 Å². The van der Waals surface area contributed by atoms with E-state index in [1.54, 1.807) is 24.3 Å².